The number of rotatable bonds is 6. The van der Waals surface area contributed by atoms with E-state index in [0.29, 0.717) is 23.6 Å². The zero-order valence-corrected chi connectivity index (χ0v) is 9.51. The van der Waals surface area contributed by atoms with Crippen LogP contribution >= 0.6 is 11.8 Å². The summed E-state index contributed by atoms with van der Waals surface area (Å²) in [5.74, 6) is 1.97. The van der Waals surface area contributed by atoms with Crippen molar-refractivity contribution in [2.24, 2.45) is 5.73 Å². The molecule has 0 aliphatic rings. The van der Waals surface area contributed by atoms with Gasteiger partial charge in [0, 0.05) is 0 Å². The van der Waals surface area contributed by atoms with Gasteiger partial charge in [-0.1, -0.05) is 0 Å². The van der Waals surface area contributed by atoms with Crippen LogP contribution < -0.4 is 5.73 Å². The van der Waals surface area contributed by atoms with Crippen LogP contribution in [0.3, 0.4) is 0 Å². The van der Waals surface area contributed by atoms with Gasteiger partial charge in [0.15, 0.2) is 0 Å². The lowest BCUT2D eigenvalue weighted by atomic mass is 10.3. The number of hydrogen-bond acceptors (Lipinski definition) is 5. The Balaban J connectivity index is 2.46. The zero-order chi connectivity index (χ0) is 11.1. The quantitative estimate of drug-likeness (QED) is 0.593. The summed E-state index contributed by atoms with van der Waals surface area (Å²) in [6, 6.07) is 1.63. The molecule has 1 aromatic heterocycles. The average Bonchev–Trinajstić information content (AvgIpc) is 2.71. The number of methoxy groups -OCH3 is 1. The van der Waals surface area contributed by atoms with Crippen molar-refractivity contribution in [2.75, 3.05) is 19.4 Å². The second kappa shape index (κ2) is 6.53. The van der Waals surface area contributed by atoms with E-state index in [-0.39, 0.29) is 5.97 Å². The zero-order valence-electron chi connectivity index (χ0n) is 8.69. The molecule has 0 saturated carbocycles. The van der Waals surface area contributed by atoms with Crippen LogP contribution in [0.1, 0.15) is 22.5 Å². The minimum atomic E-state index is -0.349. The molecule has 1 aromatic rings. The molecule has 2 N–H and O–H groups in total. The molecule has 1 rings (SSSR count). The first kappa shape index (κ1) is 12.1. The van der Waals surface area contributed by atoms with Gasteiger partial charge in [0.05, 0.1) is 19.1 Å². The first-order valence-corrected chi connectivity index (χ1v) is 5.87. The van der Waals surface area contributed by atoms with Crippen LogP contribution in [-0.2, 0) is 10.5 Å². The second-order valence-corrected chi connectivity index (χ2v) is 4.05. The van der Waals surface area contributed by atoms with Crippen LogP contribution in [0.25, 0.3) is 0 Å². The van der Waals surface area contributed by atoms with E-state index in [0.717, 1.165) is 12.2 Å². The summed E-state index contributed by atoms with van der Waals surface area (Å²) < 4.78 is 9.85. The minimum absolute atomic E-state index is 0.349. The van der Waals surface area contributed by atoms with Crippen LogP contribution in [0.2, 0.25) is 0 Å². The Hall–Kier alpha value is -0.940. The van der Waals surface area contributed by atoms with Crippen molar-refractivity contribution < 1.29 is 13.9 Å². The van der Waals surface area contributed by atoms with Crippen molar-refractivity contribution in [3.05, 3.63) is 23.7 Å². The van der Waals surface area contributed by atoms with E-state index in [2.05, 4.69) is 4.74 Å². The van der Waals surface area contributed by atoms with Gasteiger partial charge in [-0.2, -0.15) is 11.8 Å². The number of carbonyl (C=O) groups is 1. The van der Waals surface area contributed by atoms with E-state index < -0.39 is 0 Å². The van der Waals surface area contributed by atoms with Gasteiger partial charge in [-0.3, -0.25) is 0 Å². The Bertz CT molecular complexity index is 311. The molecule has 0 saturated heterocycles. The van der Waals surface area contributed by atoms with Crippen molar-refractivity contribution in [3.63, 3.8) is 0 Å². The number of esters is 1. The summed E-state index contributed by atoms with van der Waals surface area (Å²) in [5.41, 5.74) is 5.89. The first-order chi connectivity index (χ1) is 7.29. The van der Waals surface area contributed by atoms with E-state index in [4.69, 9.17) is 10.2 Å². The average molecular weight is 229 g/mol. The number of nitrogens with two attached hydrogens (primary N) is 1. The fourth-order valence-electron chi connectivity index (χ4n) is 1.09. The summed E-state index contributed by atoms with van der Waals surface area (Å²) >= 11 is 1.70. The molecule has 5 heteroatoms. The maximum atomic E-state index is 11.3. The molecule has 0 spiro atoms. The van der Waals surface area contributed by atoms with E-state index in [1.807, 2.05) is 0 Å². The van der Waals surface area contributed by atoms with Crippen LogP contribution in [0.15, 0.2) is 16.7 Å². The number of ether oxygens (including phenoxy) is 1. The van der Waals surface area contributed by atoms with E-state index in [1.165, 1.54) is 13.4 Å². The molecule has 0 unspecified atom stereocenters. The Morgan fingerprint density at radius 3 is 3.13 bits per heavy atom. The van der Waals surface area contributed by atoms with Crippen LogP contribution in [0.4, 0.5) is 0 Å². The van der Waals surface area contributed by atoms with Gasteiger partial charge in [-0.15, -0.1) is 0 Å². The molecular formula is C10H15NO3S. The Morgan fingerprint density at radius 2 is 2.47 bits per heavy atom. The highest BCUT2D eigenvalue weighted by Gasteiger charge is 2.14. The third-order valence-corrected chi connectivity index (χ3v) is 2.92. The van der Waals surface area contributed by atoms with E-state index in [1.54, 1.807) is 17.8 Å². The van der Waals surface area contributed by atoms with Crippen molar-refractivity contribution in [1.82, 2.24) is 0 Å². The Morgan fingerprint density at radius 1 is 1.67 bits per heavy atom. The molecule has 0 fully saturated rings. The fraction of sp³-hybridized carbons (Fsp3) is 0.500. The van der Waals surface area contributed by atoms with Crippen LogP contribution in [-0.4, -0.2) is 25.4 Å². The van der Waals surface area contributed by atoms with Gasteiger partial charge >= 0.3 is 5.97 Å². The number of carbonyl (C=O) groups excluding carboxylic acids is 1. The largest absolute Gasteiger partial charge is 0.468 e. The monoisotopic (exact) mass is 229 g/mol. The minimum Gasteiger partial charge on any atom is -0.468 e. The lowest BCUT2D eigenvalue weighted by Gasteiger charge is -2.00. The smallest absolute Gasteiger partial charge is 0.341 e. The van der Waals surface area contributed by atoms with Crippen molar-refractivity contribution >= 4 is 17.7 Å². The van der Waals surface area contributed by atoms with Gasteiger partial charge in [-0.05, 0) is 24.8 Å². The van der Waals surface area contributed by atoms with Crippen molar-refractivity contribution in [3.8, 4) is 0 Å². The van der Waals surface area contributed by atoms with Gasteiger partial charge in [0.2, 0.25) is 0 Å². The van der Waals surface area contributed by atoms with Gasteiger partial charge in [0.25, 0.3) is 0 Å². The fourth-order valence-corrected chi connectivity index (χ4v) is 2.02. The molecule has 0 aliphatic heterocycles. The molecule has 0 atom stereocenters. The molecule has 4 nitrogen and oxygen atoms in total. The standard InChI is InChI=1S/C10H15NO3S/c1-13-10(12)8-3-5-14-9(8)7-15-6-2-4-11/h3,5H,2,4,6-7,11H2,1H3. The van der Waals surface area contributed by atoms with Gasteiger partial charge in [0.1, 0.15) is 11.3 Å². The predicted octanol–water partition coefficient (Wildman–Crippen LogP) is 1.65. The third-order valence-electron chi connectivity index (χ3n) is 1.88. The van der Waals surface area contributed by atoms with Gasteiger partial charge < -0.3 is 14.9 Å². The Labute approximate surface area is 93.2 Å². The molecule has 0 radical (unpaired) electrons. The highest BCUT2D eigenvalue weighted by Crippen LogP contribution is 2.18. The summed E-state index contributed by atoms with van der Waals surface area (Å²) in [7, 11) is 1.36. The maximum absolute atomic E-state index is 11.3. The Kier molecular flexibility index (Phi) is 5.28. The normalized spacial score (nSPS) is 10.3. The second-order valence-electron chi connectivity index (χ2n) is 2.94. The lowest BCUT2D eigenvalue weighted by molar-refractivity contribution is 0.0598. The summed E-state index contributed by atoms with van der Waals surface area (Å²) in [6.07, 6.45) is 2.48. The molecule has 1 heterocycles. The van der Waals surface area contributed by atoms with E-state index >= 15 is 0 Å². The highest BCUT2D eigenvalue weighted by atomic mass is 32.2. The number of thioether (sulfide) groups is 1. The maximum Gasteiger partial charge on any atom is 0.341 e. The first-order valence-electron chi connectivity index (χ1n) is 4.72. The summed E-state index contributed by atoms with van der Waals surface area (Å²) in [6.45, 7) is 0.689. The third kappa shape index (κ3) is 3.60. The van der Waals surface area contributed by atoms with Crippen LogP contribution in [0.5, 0.6) is 0 Å². The van der Waals surface area contributed by atoms with Gasteiger partial charge in [-0.25, -0.2) is 4.79 Å². The molecule has 15 heavy (non-hydrogen) atoms. The van der Waals surface area contributed by atoms with Crippen molar-refractivity contribution in [1.29, 1.82) is 0 Å². The molecule has 0 aromatic carbocycles. The molecular weight excluding hydrogens is 214 g/mol. The van der Waals surface area contributed by atoms with E-state index in [9.17, 15) is 4.79 Å². The summed E-state index contributed by atoms with van der Waals surface area (Å²) in [4.78, 5) is 11.3. The van der Waals surface area contributed by atoms with Crippen LogP contribution in [0, 0.1) is 0 Å². The van der Waals surface area contributed by atoms with Crippen molar-refractivity contribution in [2.45, 2.75) is 12.2 Å². The molecule has 0 bridgehead atoms. The topological polar surface area (TPSA) is 65.5 Å². The molecule has 0 aliphatic carbocycles. The molecule has 0 amide bonds. The SMILES string of the molecule is COC(=O)c1ccoc1CSCCCN. The number of hydrogen-bond donors (Lipinski definition) is 1. The number of furan rings is 1. The lowest BCUT2D eigenvalue weighted by Crippen LogP contribution is -2.03. The molecule has 84 valence electrons. The summed E-state index contributed by atoms with van der Waals surface area (Å²) in [5, 5.41) is 0. The highest BCUT2D eigenvalue weighted by molar-refractivity contribution is 7.98. The predicted molar refractivity (Wildman–Crippen MR) is 59.9 cm³/mol.